The Morgan fingerprint density at radius 1 is 1.17 bits per heavy atom. The average Bonchev–Trinajstić information content (AvgIpc) is 2.56. The summed E-state index contributed by atoms with van der Waals surface area (Å²) in [4.78, 5) is 4.61. The van der Waals surface area contributed by atoms with Crippen molar-refractivity contribution < 1.29 is 8.78 Å². The summed E-state index contributed by atoms with van der Waals surface area (Å²) in [7, 11) is 2.13. The topological polar surface area (TPSA) is 18.5 Å². The number of piperazine rings is 1. The zero-order valence-electron chi connectivity index (χ0n) is 14.1. The Kier molecular flexibility index (Phi) is 5.82. The highest BCUT2D eigenvalue weighted by Crippen LogP contribution is 2.33. The fraction of sp³-hybridized carbons (Fsp3) is 0.667. The monoisotopic (exact) mass is 357 g/mol. The van der Waals surface area contributed by atoms with Crippen molar-refractivity contribution in [1.29, 1.82) is 0 Å². The van der Waals surface area contributed by atoms with E-state index in [-0.39, 0.29) is 6.04 Å². The number of nitrogens with one attached hydrogen (secondary N) is 1. The van der Waals surface area contributed by atoms with Crippen LogP contribution in [0.2, 0.25) is 5.02 Å². The van der Waals surface area contributed by atoms with Gasteiger partial charge in [0.25, 0.3) is 0 Å². The smallest absolute Gasteiger partial charge is 0.241 e. The van der Waals surface area contributed by atoms with E-state index < -0.39 is 12.3 Å². The minimum absolute atomic E-state index is 0.114. The van der Waals surface area contributed by atoms with Gasteiger partial charge in [-0.3, -0.25) is 0 Å². The molecule has 24 heavy (non-hydrogen) atoms. The van der Waals surface area contributed by atoms with Crippen molar-refractivity contribution >= 4 is 23.0 Å². The highest BCUT2D eigenvalue weighted by atomic mass is 35.5. The molecule has 3 rings (SSSR count). The van der Waals surface area contributed by atoms with Gasteiger partial charge in [-0.15, -0.1) is 0 Å². The van der Waals surface area contributed by atoms with Crippen LogP contribution < -0.4 is 10.2 Å². The molecule has 2 aliphatic rings. The largest absolute Gasteiger partial charge is 0.382 e. The molecule has 0 amide bonds. The van der Waals surface area contributed by atoms with Crippen molar-refractivity contribution in [2.24, 2.45) is 5.92 Å². The third-order valence-electron chi connectivity index (χ3n) is 5.23. The lowest BCUT2D eigenvalue weighted by atomic mass is 9.86. The van der Waals surface area contributed by atoms with Crippen LogP contribution in [0.3, 0.4) is 0 Å². The molecular weight excluding hydrogens is 332 g/mol. The summed E-state index contributed by atoms with van der Waals surface area (Å²) in [6.07, 6.45) is 0.771. The molecule has 2 atom stereocenters. The Bertz CT molecular complexity index is 547. The maximum absolute atomic E-state index is 12.9. The quantitative estimate of drug-likeness (QED) is 0.865. The lowest BCUT2D eigenvalue weighted by molar-refractivity contribution is 0.0535. The number of benzene rings is 1. The summed E-state index contributed by atoms with van der Waals surface area (Å²) in [6.45, 7) is 4.02. The first kappa shape index (κ1) is 17.7. The number of halogens is 3. The summed E-state index contributed by atoms with van der Waals surface area (Å²) >= 11 is 6.48. The molecule has 2 fully saturated rings. The van der Waals surface area contributed by atoms with E-state index in [2.05, 4.69) is 22.2 Å². The second-order valence-electron chi connectivity index (χ2n) is 7.06. The fourth-order valence-electron chi connectivity index (χ4n) is 3.72. The third kappa shape index (κ3) is 4.31. The number of hydrogen-bond donors (Lipinski definition) is 1. The molecule has 134 valence electrons. The molecule has 6 heteroatoms. The molecule has 3 nitrogen and oxygen atoms in total. The van der Waals surface area contributed by atoms with Crippen molar-refractivity contribution in [2.75, 3.05) is 43.4 Å². The molecular formula is C18H26ClF2N3. The Hall–Kier alpha value is -1.07. The summed E-state index contributed by atoms with van der Waals surface area (Å²) < 4.78 is 25.9. The third-order valence-corrected chi connectivity index (χ3v) is 5.54. The minimum atomic E-state index is -2.21. The number of anilines is 2. The maximum atomic E-state index is 12.9. The molecule has 0 bridgehead atoms. The van der Waals surface area contributed by atoms with Gasteiger partial charge in [0.1, 0.15) is 0 Å². The first-order chi connectivity index (χ1) is 11.5. The van der Waals surface area contributed by atoms with Gasteiger partial charge >= 0.3 is 0 Å². The molecule has 0 radical (unpaired) electrons. The molecule has 1 saturated carbocycles. The van der Waals surface area contributed by atoms with E-state index in [0.29, 0.717) is 12.8 Å². The van der Waals surface area contributed by atoms with Crippen molar-refractivity contribution in [3.63, 3.8) is 0 Å². The van der Waals surface area contributed by atoms with Crippen molar-refractivity contribution in [2.45, 2.75) is 38.2 Å². The van der Waals surface area contributed by atoms with Crippen molar-refractivity contribution in [1.82, 2.24) is 4.90 Å². The van der Waals surface area contributed by atoms with Gasteiger partial charge in [-0.1, -0.05) is 18.0 Å². The van der Waals surface area contributed by atoms with Crippen LogP contribution in [0.5, 0.6) is 0 Å². The van der Waals surface area contributed by atoms with Crippen molar-refractivity contribution in [3.05, 3.63) is 23.2 Å². The van der Waals surface area contributed by atoms with Crippen LogP contribution in [0.15, 0.2) is 18.2 Å². The Morgan fingerprint density at radius 3 is 2.58 bits per heavy atom. The van der Waals surface area contributed by atoms with E-state index in [1.54, 1.807) is 0 Å². The van der Waals surface area contributed by atoms with E-state index in [9.17, 15) is 8.78 Å². The lowest BCUT2D eigenvalue weighted by Crippen LogP contribution is -2.44. The molecule has 0 spiro atoms. The highest BCUT2D eigenvalue weighted by molar-refractivity contribution is 6.33. The van der Waals surface area contributed by atoms with Crippen molar-refractivity contribution in [3.8, 4) is 0 Å². The van der Waals surface area contributed by atoms with Gasteiger partial charge in [-0.25, -0.2) is 8.78 Å². The summed E-state index contributed by atoms with van der Waals surface area (Å²) in [5.74, 6) is -0.476. The first-order valence-corrected chi connectivity index (χ1v) is 9.18. The fourth-order valence-corrected chi connectivity index (χ4v) is 4.02. The van der Waals surface area contributed by atoms with Crippen LogP contribution >= 0.6 is 11.6 Å². The van der Waals surface area contributed by atoms with Crippen LogP contribution in [-0.2, 0) is 0 Å². The van der Waals surface area contributed by atoms with E-state index in [0.717, 1.165) is 55.4 Å². The van der Waals surface area contributed by atoms with Gasteiger partial charge in [0.2, 0.25) is 6.43 Å². The predicted molar refractivity (Wildman–Crippen MR) is 96.5 cm³/mol. The Balaban J connectivity index is 1.62. The molecule has 1 aromatic carbocycles. The van der Waals surface area contributed by atoms with Crippen LogP contribution in [0, 0.1) is 5.92 Å². The zero-order valence-corrected chi connectivity index (χ0v) is 14.9. The Morgan fingerprint density at radius 2 is 1.92 bits per heavy atom. The summed E-state index contributed by atoms with van der Waals surface area (Å²) in [5, 5.41) is 4.13. The molecule has 1 aliphatic carbocycles. The molecule has 1 heterocycles. The molecule has 1 aromatic rings. The molecule has 1 aliphatic heterocycles. The first-order valence-electron chi connectivity index (χ1n) is 8.80. The van der Waals surface area contributed by atoms with E-state index in [1.165, 1.54) is 0 Å². The predicted octanol–water partition coefficient (Wildman–Crippen LogP) is 4.33. The zero-order chi connectivity index (χ0) is 17.1. The Labute approximate surface area is 148 Å². The maximum Gasteiger partial charge on any atom is 0.241 e. The molecule has 2 unspecified atom stereocenters. The number of nitrogens with zero attached hydrogens (tertiary/aromatic N) is 2. The summed E-state index contributed by atoms with van der Waals surface area (Å²) in [5.41, 5.74) is 1.99. The number of alkyl halides is 2. The van der Waals surface area contributed by atoms with Gasteiger partial charge in [-0.05, 0) is 44.5 Å². The molecule has 1 N–H and O–H groups in total. The van der Waals surface area contributed by atoms with E-state index in [1.807, 2.05) is 18.2 Å². The lowest BCUT2D eigenvalue weighted by Gasteiger charge is -2.35. The van der Waals surface area contributed by atoms with Gasteiger partial charge in [-0.2, -0.15) is 0 Å². The second-order valence-corrected chi connectivity index (χ2v) is 7.47. The molecule has 1 saturated heterocycles. The van der Waals surface area contributed by atoms with Crippen LogP contribution in [0.25, 0.3) is 0 Å². The number of hydrogen-bond acceptors (Lipinski definition) is 3. The second kappa shape index (κ2) is 7.87. The SMILES string of the molecule is CN1CCN(c2ccc(NC3CCCC(C(F)F)C3)cc2Cl)CC1. The normalized spacial score (nSPS) is 26.0. The van der Waals surface area contributed by atoms with Crippen LogP contribution in [0.4, 0.5) is 20.2 Å². The van der Waals surface area contributed by atoms with Gasteiger partial charge in [0.15, 0.2) is 0 Å². The van der Waals surface area contributed by atoms with Gasteiger partial charge < -0.3 is 15.1 Å². The average molecular weight is 358 g/mol. The standard InChI is InChI=1S/C18H26ClF2N3/c1-23-7-9-24(10-8-23)17-6-5-15(12-16(17)19)22-14-4-2-3-13(11-14)18(20)21/h5-6,12-14,18,22H,2-4,7-11H2,1H3. The highest BCUT2D eigenvalue weighted by Gasteiger charge is 2.28. The number of likely N-dealkylation sites (N-methyl/N-ethyl adjacent to an activating group) is 1. The van der Waals surface area contributed by atoms with Crippen LogP contribution in [-0.4, -0.2) is 50.6 Å². The molecule has 0 aromatic heterocycles. The van der Waals surface area contributed by atoms with Gasteiger partial charge in [0.05, 0.1) is 10.7 Å². The minimum Gasteiger partial charge on any atom is -0.382 e. The van der Waals surface area contributed by atoms with Gasteiger partial charge in [0, 0.05) is 43.8 Å². The summed E-state index contributed by atoms with van der Waals surface area (Å²) in [6, 6.07) is 6.11. The number of rotatable bonds is 4. The van der Waals surface area contributed by atoms with Crippen LogP contribution in [0.1, 0.15) is 25.7 Å². The van der Waals surface area contributed by atoms with E-state index in [4.69, 9.17) is 11.6 Å². The van der Waals surface area contributed by atoms with E-state index >= 15 is 0 Å².